The maximum atomic E-state index is 12.1. The van der Waals surface area contributed by atoms with Gasteiger partial charge in [0.1, 0.15) is 17.5 Å². The number of pyridine rings is 1. The molecule has 0 radical (unpaired) electrons. The molecule has 8 heteroatoms. The number of aromatic nitrogens is 2. The third-order valence-electron chi connectivity index (χ3n) is 4.80. The van der Waals surface area contributed by atoms with Crippen LogP contribution in [0.25, 0.3) is 16.6 Å². The first-order chi connectivity index (χ1) is 13.2. The van der Waals surface area contributed by atoms with Crippen LogP contribution >= 0.6 is 0 Å². The molecular formula is C19H19N5O3. The lowest BCUT2D eigenvalue weighted by Gasteiger charge is -2.26. The quantitative estimate of drug-likeness (QED) is 0.865. The number of carbonyl (C=O) groups excluding carboxylic acids is 2. The summed E-state index contributed by atoms with van der Waals surface area (Å²) in [6.45, 7) is 0.677. The SMILES string of the molecule is N#CCOC(=O)N1CC=C(c2cc(NC(=O)C3CC3)nc3[nH]ccc23)CC1. The molecule has 2 aromatic rings. The van der Waals surface area contributed by atoms with E-state index >= 15 is 0 Å². The van der Waals surface area contributed by atoms with Gasteiger partial charge in [0.25, 0.3) is 0 Å². The highest BCUT2D eigenvalue weighted by Gasteiger charge is 2.30. The van der Waals surface area contributed by atoms with E-state index in [1.54, 1.807) is 11.0 Å². The van der Waals surface area contributed by atoms with Crippen LogP contribution in [0.5, 0.6) is 0 Å². The topological polar surface area (TPSA) is 111 Å². The first-order valence-electron chi connectivity index (χ1n) is 8.93. The Balaban J connectivity index is 1.56. The van der Waals surface area contributed by atoms with Gasteiger partial charge in [-0.05, 0) is 42.5 Å². The molecule has 1 aliphatic heterocycles. The minimum absolute atomic E-state index is 0.0170. The van der Waals surface area contributed by atoms with Gasteiger partial charge in [-0.1, -0.05) is 6.08 Å². The second-order valence-corrected chi connectivity index (χ2v) is 6.70. The molecular weight excluding hydrogens is 346 g/mol. The Labute approximate surface area is 155 Å². The first kappa shape index (κ1) is 17.1. The Morgan fingerprint density at radius 3 is 3.00 bits per heavy atom. The summed E-state index contributed by atoms with van der Waals surface area (Å²) in [5, 5.41) is 12.4. The number of ether oxygens (including phenoxy) is 1. The van der Waals surface area contributed by atoms with Crippen LogP contribution in [0.15, 0.2) is 24.4 Å². The third kappa shape index (κ3) is 3.62. The molecule has 0 atom stereocenters. The van der Waals surface area contributed by atoms with Gasteiger partial charge < -0.3 is 19.9 Å². The molecule has 0 saturated heterocycles. The van der Waals surface area contributed by atoms with Crippen molar-refractivity contribution >= 4 is 34.4 Å². The maximum absolute atomic E-state index is 12.1. The van der Waals surface area contributed by atoms with Gasteiger partial charge in [0.2, 0.25) is 5.91 Å². The molecule has 4 rings (SSSR count). The van der Waals surface area contributed by atoms with Crippen molar-refractivity contribution in [1.29, 1.82) is 5.26 Å². The minimum atomic E-state index is -0.481. The highest BCUT2D eigenvalue weighted by atomic mass is 16.6. The number of fused-ring (bicyclic) bond motifs is 1. The summed E-state index contributed by atoms with van der Waals surface area (Å²) in [5.41, 5.74) is 2.81. The van der Waals surface area contributed by atoms with Gasteiger partial charge >= 0.3 is 6.09 Å². The number of nitriles is 1. The Hall–Kier alpha value is -3.34. The van der Waals surface area contributed by atoms with E-state index in [-0.39, 0.29) is 18.4 Å². The van der Waals surface area contributed by atoms with E-state index < -0.39 is 6.09 Å². The number of nitrogens with one attached hydrogen (secondary N) is 2. The molecule has 3 heterocycles. The Morgan fingerprint density at radius 1 is 1.44 bits per heavy atom. The van der Waals surface area contributed by atoms with Crippen molar-refractivity contribution in [2.45, 2.75) is 19.3 Å². The zero-order valence-electron chi connectivity index (χ0n) is 14.7. The maximum Gasteiger partial charge on any atom is 0.411 e. The van der Waals surface area contributed by atoms with Crippen LogP contribution in [0.1, 0.15) is 24.8 Å². The number of amides is 2. The monoisotopic (exact) mass is 365 g/mol. The fourth-order valence-electron chi connectivity index (χ4n) is 3.21. The second kappa shape index (κ2) is 7.11. The molecule has 1 aliphatic carbocycles. The van der Waals surface area contributed by atoms with Gasteiger partial charge in [-0.15, -0.1) is 0 Å². The Kier molecular flexibility index (Phi) is 4.50. The number of hydrogen-bond acceptors (Lipinski definition) is 5. The zero-order chi connectivity index (χ0) is 18.8. The van der Waals surface area contributed by atoms with Crippen LogP contribution in [-0.2, 0) is 9.53 Å². The Bertz CT molecular complexity index is 967. The standard InChI is InChI=1S/C19H19N5O3/c20-6-10-27-19(26)24-8-4-12(5-9-24)15-11-16(23-18(25)13-1-2-13)22-17-14(15)3-7-21-17/h3-4,7,11,13H,1-2,5,8-10H2,(H2,21,22,23,25). The molecule has 0 bridgehead atoms. The molecule has 0 spiro atoms. The van der Waals surface area contributed by atoms with E-state index in [9.17, 15) is 9.59 Å². The van der Waals surface area contributed by atoms with Crippen molar-refractivity contribution in [2.75, 3.05) is 25.0 Å². The van der Waals surface area contributed by atoms with E-state index in [2.05, 4.69) is 15.3 Å². The van der Waals surface area contributed by atoms with Crippen molar-refractivity contribution in [3.05, 3.63) is 30.0 Å². The lowest BCUT2D eigenvalue weighted by Crippen LogP contribution is -2.35. The summed E-state index contributed by atoms with van der Waals surface area (Å²) in [7, 11) is 0. The number of rotatable bonds is 4. The Morgan fingerprint density at radius 2 is 2.30 bits per heavy atom. The van der Waals surface area contributed by atoms with Crippen LogP contribution in [0.2, 0.25) is 0 Å². The van der Waals surface area contributed by atoms with Gasteiger partial charge in [-0.2, -0.15) is 5.26 Å². The smallest absolute Gasteiger partial charge is 0.411 e. The van der Waals surface area contributed by atoms with Crippen LogP contribution in [0, 0.1) is 17.2 Å². The number of carbonyl (C=O) groups is 2. The van der Waals surface area contributed by atoms with Crippen molar-refractivity contribution in [2.24, 2.45) is 5.92 Å². The van der Waals surface area contributed by atoms with E-state index in [4.69, 9.17) is 10.00 Å². The number of hydrogen-bond donors (Lipinski definition) is 2. The van der Waals surface area contributed by atoms with E-state index in [1.807, 2.05) is 24.4 Å². The van der Waals surface area contributed by atoms with Crippen molar-refractivity contribution in [3.63, 3.8) is 0 Å². The van der Waals surface area contributed by atoms with E-state index in [1.165, 1.54) is 0 Å². The molecule has 27 heavy (non-hydrogen) atoms. The highest BCUT2D eigenvalue weighted by molar-refractivity contribution is 5.97. The molecule has 138 valence electrons. The number of aromatic amines is 1. The van der Waals surface area contributed by atoms with Crippen molar-refractivity contribution in [3.8, 4) is 6.07 Å². The predicted molar refractivity (Wildman–Crippen MR) is 98.6 cm³/mol. The number of anilines is 1. The normalized spacial score (nSPS) is 16.6. The number of H-pyrrole nitrogens is 1. The molecule has 1 saturated carbocycles. The number of nitrogens with zero attached hydrogens (tertiary/aromatic N) is 3. The van der Waals surface area contributed by atoms with Crippen LogP contribution in [0.4, 0.5) is 10.6 Å². The highest BCUT2D eigenvalue weighted by Crippen LogP contribution is 2.33. The summed E-state index contributed by atoms with van der Waals surface area (Å²) in [4.78, 5) is 33.1. The van der Waals surface area contributed by atoms with E-state index in [0.29, 0.717) is 25.3 Å². The van der Waals surface area contributed by atoms with Crippen LogP contribution in [-0.4, -0.2) is 46.6 Å². The van der Waals surface area contributed by atoms with Gasteiger partial charge in [0, 0.05) is 30.6 Å². The van der Waals surface area contributed by atoms with Crippen LogP contribution in [0.3, 0.4) is 0 Å². The molecule has 2 aromatic heterocycles. The molecule has 1 fully saturated rings. The van der Waals surface area contributed by atoms with Gasteiger partial charge in [0.15, 0.2) is 6.61 Å². The predicted octanol–water partition coefficient (Wildman–Crippen LogP) is 2.66. The van der Waals surface area contributed by atoms with Gasteiger partial charge in [-0.3, -0.25) is 4.79 Å². The second-order valence-electron chi connectivity index (χ2n) is 6.70. The summed E-state index contributed by atoms with van der Waals surface area (Å²) in [6, 6.07) is 5.65. The molecule has 0 aromatic carbocycles. The first-order valence-corrected chi connectivity index (χ1v) is 8.93. The van der Waals surface area contributed by atoms with Gasteiger partial charge in [0.05, 0.1) is 0 Å². The van der Waals surface area contributed by atoms with Crippen molar-refractivity contribution in [1.82, 2.24) is 14.9 Å². The average molecular weight is 365 g/mol. The molecule has 0 unspecified atom stereocenters. The molecule has 2 aliphatic rings. The lowest BCUT2D eigenvalue weighted by atomic mass is 9.97. The van der Waals surface area contributed by atoms with Gasteiger partial charge in [-0.25, -0.2) is 9.78 Å². The minimum Gasteiger partial charge on any atom is -0.434 e. The average Bonchev–Trinajstić information content (AvgIpc) is 3.44. The lowest BCUT2D eigenvalue weighted by molar-refractivity contribution is -0.117. The van der Waals surface area contributed by atoms with Crippen LogP contribution < -0.4 is 5.32 Å². The fraction of sp³-hybridized carbons (Fsp3) is 0.368. The molecule has 2 N–H and O–H groups in total. The van der Waals surface area contributed by atoms with E-state index in [0.717, 1.165) is 35.0 Å². The zero-order valence-corrected chi connectivity index (χ0v) is 14.7. The summed E-state index contributed by atoms with van der Waals surface area (Å²) in [6.07, 6.45) is 5.85. The summed E-state index contributed by atoms with van der Waals surface area (Å²) in [5.74, 6) is 0.661. The molecule has 8 nitrogen and oxygen atoms in total. The van der Waals surface area contributed by atoms with Crippen molar-refractivity contribution < 1.29 is 14.3 Å². The fourth-order valence-corrected chi connectivity index (χ4v) is 3.21. The third-order valence-corrected chi connectivity index (χ3v) is 4.80. The summed E-state index contributed by atoms with van der Waals surface area (Å²) < 4.78 is 4.85. The summed E-state index contributed by atoms with van der Waals surface area (Å²) >= 11 is 0. The molecule has 2 amide bonds. The largest absolute Gasteiger partial charge is 0.434 e.